The number of nitrogens with one attached hydrogen (secondary N) is 1. The van der Waals surface area contributed by atoms with Crippen LogP contribution in [0.5, 0.6) is 0 Å². The van der Waals surface area contributed by atoms with Crippen LogP contribution in [-0.2, 0) is 14.4 Å². The van der Waals surface area contributed by atoms with Crippen LogP contribution in [0.1, 0.15) is 33.1 Å². The Bertz CT molecular complexity index is 733. The zero-order valence-electron chi connectivity index (χ0n) is 16.1. The van der Waals surface area contributed by atoms with Crippen LogP contribution in [0.2, 0.25) is 0 Å². The number of hydrogen-bond acceptors (Lipinski definition) is 6. The van der Waals surface area contributed by atoms with Gasteiger partial charge in [-0.05, 0) is 26.2 Å². The molecule has 0 aromatic rings. The number of carbonyl (C=O) groups is 3. The first-order valence-corrected chi connectivity index (χ1v) is 10.9. The lowest BCUT2D eigenvalue weighted by Crippen LogP contribution is -2.63. The second-order valence-electron chi connectivity index (χ2n) is 8.24. The summed E-state index contributed by atoms with van der Waals surface area (Å²) in [5.41, 5.74) is 0.0544. The molecule has 2 amide bonds. The van der Waals surface area contributed by atoms with Gasteiger partial charge in [-0.2, -0.15) is 0 Å². The fourth-order valence-corrected chi connectivity index (χ4v) is 6.48. The van der Waals surface area contributed by atoms with Gasteiger partial charge in [-0.3, -0.25) is 9.59 Å². The van der Waals surface area contributed by atoms with Crippen molar-refractivity contribution in [3.63, 3.8) is 0 Å². The van der Waals surface area contributed by atoms with Gasteiger partial charge < -0.3 is 25.3 Å². The Morgan fingerprint density at radius 2 is 1.96 bits per heavy atom. The van der Waals surface area contributed by atoms with Crippen LogP contribution in [0.4, 0.5) is 0 Å². The Labute approximate surface area is 168 Å². The van der Waals surface area contributed by atoms with Crippen molar-refractivity contribution in [2.45, 2.75) is 56.5 Å². The SMILES string of the molecule is C[C@H](O)[C@H]1C(=O)N2C(C(=O)O)=C(S[C@@H]3CN[C@H](C(=O)N4CCCC4)C3)[C@@H](C)[C@H]12. The summed E-state index contributed by atoms with van der Waals surface area (Å²) in [7, 11) is 0. The summed E-state index contributed by atoms with van der Waals surface area (Å²) in [6.07, 6.45) is 1.96. The second-order valence-corrected chi connectivity index (χ2v) is 9.58. The number of β-lactam (4-membered cyclic amide) rings is 1. The molecule has 6 atom stereocenters. The maximum absolute atomic E-state index is 12.6. The lowest BCUT2D eigenvalue weighted by atomic mass is 9.79. The largest absolute Gasteiger partial charge is 0.477 e. The van der Waals surface area contributed by atoms with E-state index in [9.17, 15) is 24.6 Å². The van der Waals surface area contributed by atoms with Crippen molar-refractivity contribution in [2.75, 3.05) is 19.6 Å². The van der Waals surface area contributed by atoms with E-state index in [0.717, 1.165) is 25.9 Å². The number of aliphatic hydroxyl groups is 1. The summed E-state index contributed by atoms with van der Waals surface area (Å²) in [5.74, 6) is -1.97. The van der Waals surface area contributed by atoms with E-state index in [-0.39, 0.29) is 40.8 Å². The molecule has 0 radical (unpaired) electrons. The molecule has 0 saturated carbocycles. The fraction of sp³-hybridized carbons (Fsp3) is 0.737. The van der Waals surface area contributed by atoms with Gasteiger partial charge in [-0.1, -0.05) is 6.92 Å². The molecule has 4 rings (SSSR count). The number of rotatable bonds is 5. The first-order chi connectivity index (χ1) is 13.3. The van der Waals surface area contributed by atoms with E-state index in [1.54, 1.807) is 6.92 Å². The van der Waals surface area contributed by atoms with E-state index in [1.807, 2.05) is 11.8 Å². The number of carboxylic acid groups (broad SMARTS) is 1. The third-order valence-electron chi connectivity index (χ3n) is 6.41. The maximum atomic E-state index is 12.6. The molecule has 3 saturated heterocycles. The van der Waals surface area contributed by atoms with Gasteiger partial charge in [-0.15, -0.1) is 11.8 Å². The van der Waals surface area contributed by atoms with Crippen molar-refractivity contribution >= 4 is 29.5 Å². The first-order valence-electron chi connectivity index (χ1n) is 9.98. The van der Waals surface area contributed by atoms with Crippen molar-refractivity contribution in [2.24, 2.45) is 11.8 Å². The van der Waals surface area contributed by atoms with Gasteiger partial charge in [0.2, 0.25) is 11.8 Å². The molecule has 0 aromatic heterocycles. The first kappa shape index (κ1) is 19.7. The number of carboxylic acids is 1. The predicted molar refractivity (Wildman–Crippen MR) is 103 cm³/mol. The predicted octanol–water partition coefficient (Wildman–Crippen LogP) is 0.226. The van der Waals surface area contributed by atoms with Gasteiger partial charge in [0.05, 0.1) is 24.1 Å². The summed E-state index contributed by atoms with van der Waals surface area (Å²) in [6, 6.07) is -0.512. The van der Waals surface area contributed by atoms with Crippen molar-refractivity contribution < 1.29 is 24.6 Å². The topological polar surface area (TPSA) is 110 Å². The Morgan fingerprint density at radius 3 is 2.57 bits per heavy atom. The fourth-order valence-electron chi connectivity index (χ4n) is 5.00. The van der Waals surface area contributed by atoms with Crippen LogP contribution >= 0.6 is 11.8 Å². The molecule has 0 aliphatic carbocycles. The number of thioether (sulfide) groups is 1. The molecule has 9 heteroatoms. The Kier molecular flexibility index (Phi) is 5.18. The van der Waals surface area contributed by atoms with Crippen molar-refractivity contribution in [1.29, 1.82) is 0 Å². The van der Waals surface area contributed by atoms with E-state index in [4.69, 9.17) is 0 Å². The number of nitrogens with zero attached hydrogens (tertiary/aromatic N) is 2. The zero-order chi connectivity index (χ0) is 20.2. The molecule has 0 unspecified atom stereocenters. The van der Waals surface area contributed by atoms with Crippen LogP contribution < -0.4 is 5.32 Å². The number of hydrogen-bond donors (Lipinski definition) is 3. The van der Waals surface area contributed by atoms with Crippen LogP contribution in [0.15, 0.2) is 10.6 Å². The molecule has 4 heterocycles. The van der Waals surface area contributed by atoms with Crippen molar-refractivity contribution in [1.82, 2.24) is 15.1 Å². The molecule has 0 spiro atoms. The van der Waals surface area contributed by atoms with Gasteiger partial charge in [0.25, 0.3) is 0 Å². The summed E-state index contributed by atoms with van der Waals surface area (Å²) >= 11 is 1.48. The minimum atomic E-state index is -1.11. The van der Waals surface area contributed by atoms with Gasteiger partial charge in [0, 0.05) is 35.7 Å². The van der Waals surface area contributed by atoms with Gasteiger partial charge in [0.15, 0.2) is 0 Å². The Morgan fingerprint density at radius 1 is 1.29 bits per heavy atom. The second kappa shape index (κ2) is 7.35. The molecular weight excluding hydrogens is 382 g/mol. The lowest BCUT2D eigenvalue weighted by Gasteiger charge is -2.46. The van der Waals surface area contributed by atoms with Gasteiger partial charge >= 0.3 is 5.97 Å². The molecule has 154 valence electrons. The standard InChI is InChI=1S/C19H27N3O5S/c1-9-14-13(10(2)23)18(25)22(14)15(19(26)27)16(9)28-11-7-12(20-8-11)17(24)21-5-3-4-6-21/h9-14,20,23H,3-8H2,1-2H3,(H,26,27)/t9-,10-,11-,12-,13+,14+/m0/s1. The van der Waals surface area contributed by atoms with Crippen LogP contribution in [0.25, 0.3) is 0 Å². The van der Waals surface area contributed by atoms with Crippen molar-refractivity contribution in [3.05, 3.63) is 10.6 Å². The highest BCUT2D eigenvalue weighted by molar-refractivity contribution is 8.03. The van der Waals surface area contributed by atoms with E-state index in [2.05, 4.69) is 5.32 Å². The quantitative estimate of drug-likeness (QED) is 0.558. The molecular formula is C19H27N3O5S. The van der Waals surface area contributed by atoms with E-state index < -0.39 is 18.0 Å². The average molecular weight is 410 g/mol. The highest BCUT2D eigenvalue weighted by Gasteiger charge is 2.60. The van der Waals surface area contributed by atoms with Crippen LogP contribution in [0.3, 0.4) is 0 Å². The third-order valence-corrected chi connectivity index (χ3v) is 7.92. The molecule has 4 aliphatic heterocycles. The van der Waals surface area contributed by atoms with Crippen molar-refractivity contribution in [3.8, 4) is 0 Å². The van der Waals surface area contributed by atoms with Gasteiger partial charge in [-0.25, -0.2) is 4.79 Å². The Balaban J connectivity index is 1.47. The molecule has 0 bridgehead atoms. The molecule has 0 aromatic carbocycles. The number of fused-ring (bicyclic) bond motifs is 1. The zero-order valence-corrected chi connectivity index (χ0v) is 16.9. The van der Waals surface area contributed by atoms with E-state index in [0.29, 0.717) is 17.9 Å². The molecule has 4 aliphatic rings. The normalized spacial score (nSPS) is 36.0. The lowest BCUT2D eigenvalue weighted by molar-refractivity contribution is -0.163. The number of carbonyl (C=O) groups excluding carboxylic acids is 2. The maximum Gasteiger partial charge on any atom is 0.353 e. The number of likely N-dealkylation sites (tertiary alicyclic amines) is 1. The molecule has 3 N–H and O–H groups in total. The number of aliphatic hydroxyl groups excluding tert-OH is 1. The highest BCUT2D eigenvalue weighted by atomic mass is 32.2. The van der Waals surface area contributed by atoms with E-state index in [1.165, 1.54) is 16.7 Å². The average Bonchev–Trinajstić information content (AvgIpc) is 3.35. The number of amides is 2. The summed E-state index contributed by atoms with van der Waals surface area (Å²) in [5, 5.41) is 23.0. The molecule has 28 heavy (non-hydrogen) atoms. The minimum Gasteiger partial charge on any atom is -0.477 e. The third kappa shape index (κ3) is 3.04. The molecule has 3 fully saturated rings. The van der Waals surface area contributed by atoms with E-state index >= 15 is 0 Å². The Hall–Kier alpha value is -1.58. The summed E-state index contributed by atoms with van der Waals surface area (Å²) < 4.78 is 0. The molecule has 8 nitrogen and oxygen atoms in total. The van der Waals surface area contributed by atoms with Gasteiger partial charge in [0.1, 0.15) is 5.70 Å². The monoisotopic (exact) mass is 409 g/mol. The number of aliphatic carboxylic acids is 1. The van der Waals surface area contributed by atoms with Crippen LogP contribution in [0, 0.1) is 11.8 Å². The highest BCUT2D eigenvalue weighted by Crippen LogP contribution is 2.51. The van der Waals surface area contributed by atoms with Crippen LogP contribution in [-0.4, -0.2) is 80.9 Å². The summed E-state index contributed by atoms with van der Waals surface area (Å²) in [6.45, 7) is 5.77. The smallest absolute Gasteiger partial charge is 0.353 e. The minimum absolute atomic E-state index is 0.0544. The summed E-state index contributed by atoms with van der Waals surface area (Å²) in [4.78, 5) is 40.9.